The summed E-state index contributed by atoms with van der Waals surface area (Å²) in [6, 6.07) is 0. The Morgan fingerprint density at radius 2 is 2.00 bits per heavy atom. The predicted octanol–water partition coefficient (Wildman–Crippen LogP) is 2.44. The summed E-state index contributed by atoms with van der Waals surface area (Å²) >= 11 is 0. The lowest BCUT2D eigenvalue weighted by molar-refractivity contribution is 0.473. The van der Waals surface area contributed by atoms with Crippen molar-refractivity contribution in [3.63, 3.8) is 0 Å². The highest BCUT2D eigenvalue weighted by Gasteiger charge is 2.26. The first-order valence-corrected chi connectivity index (χ1v) is 7.75. The molecular formula is C12H25NOS. The van der Waals surface area contributed by atoms with Crippen LogP contribution in [0.5, 0.6) is 0 Å². The van der Waals surface area contributed by atoms with Crippen molar-refractivity contribution in [2.24, 2.45) is 11.7 Å². The third-order valence-corrected chi connectivity index (χ3v) is 5.42. The van der Waals surface area contributed by atoms with Crippen LogP contribution in [0.2, 0.25) is 0 Å². The molecule has 3 atom stereocenters. The number of hydrogen-bond donors (Lipinski definition) is 1. The zero-order valence-electron chi connectivity index (χ0n) is 9.91. The summed E-state index contributed by atoms with van der Waals surface area (Å²) in [6.45, 7) is 2.88. The number of unbranched alkanes of at least 4 members (excludes halogenated alkanes) is 1. The topological polar surface area (TPSA) is 43.1 Å². The molecular weight excluding hydrogens is 206 g/mol. The summed E-state index contributed by atoms with van der Waals surface area (Å²) in [6.07, 6.45) is 8.41. The Morgan fingerprint density at radius 1 is 1.27 bits per heavy atom. The molecule has 1 aliphatic carbocycles. The minimum Gasteiger partial charge on any atom is -0.330 e. The van der Waals surface area contributed by atoms with Crippen LogP contribution >= 0.6 is 0 Å². The average Bonchev–Trinajstić information content (AvgIpc) is 2.50. The van der Waals surface area contributed by atoms with Crippen LogP contribution in [0.4, 0.5) is 0 Å². The summed E-state index contributed by atoms with van der Waals surface area (Å²) in [5.74, 6) is 1.41. The SMILES string of the molecule is CCCCS(=O)C1CCCCCC1CN. The van der Waals surface area contributed by atoms with Crippen molar-refractivity contribution in [3.8, 4) is 0 Å². The third-order valence-electron chi connectivity index (χ3n) is 3.43. The first-order chi connectivity index (χ1) is 7.29. The maximum atomic E-state index is 12.1. The second-order valence-electron chi connectivity index (χ2n) is 4.61. The van der Waals surface area contributed by atoms with Gasteiger partial charge in [-0.1, -0.05) is 32.6 Å². The Kier molecular flexibility index (Phi) is 6.50. The first-order valence-electron chi connectivity index (χ1n) is 6.36. The van der Waals surface area contributed by atoms with Crippen molar-refractivity contribution in [1.82, 2.24) is 0 Å². The smallest absolute Gasteiger partial charge is 0.0388 e. The summed E-state index contributed by atoms with van der Waals surface area (Å²) in [5, 5.41) is 0.393. The van der Waals surface area contributed by atoms with E-state index in [1.54, 1.807) is 0 Å². The Bertz CT molecular complexity index is 196. The normalized spacial score (nSPS) is 29.7. The van der Waals surface area contributed by atoms with Crippen LogP contribution in [0.15, 0.2) is 0 Å². The lowest BCUT2D eigenvalue weighted by Gasteiger charge is -2.22. The fourth-order valence-electron chi connectivity index (χ4n) is 2.40. The lowest BCUT2D eigenvalue weighted by Crippen LogP contribution is -2.31. The maximum absolute atomic E-state index is 12.1. The zero-order chi connectivity index (χ0) is 11.1. The van der Waals surface area contributed by atoms with Gasteiger partial charge in [0, 0.05) is 21.8 Å². The monoisotopic (exact) mass is 231 g/mol. The van der Waals surface area contributed by atoms with Gasteiger partial charge in [0.15, 0.2) is 0 Å². The summed E-state index contributed by atoms with van der Waals surface area (Å²) in [5.41, 5.74) is 5.80. The van der Waals surface area contributed by atoms with E-state index >= 15 is 0 Å². The molecule has 0 aliphatic heterocycles. The molecule has 1 rings (SSSR count). The van der Waals surface area contributed by atoms with Gasteiger partial charge < -0.3 is 5.73 Å². The van der Waals surface area contributed by atoms with Crippen molar-refractivity contribution in [2.45, 2.75) is 57.1 Å². The van der Waals surface area contributed by atoms with Gasteiger partial charge in [-0.05, 0) is 31.7 Å². The van der Waals surface area contributed by atoms with E-state index in [1.165, 1.54) is 25.7 Å². The molecule has 0 aromatic heterocycles. The van der Waals surface area contributed by atoms with Gasteiger partial charge in [-0.15, -0.1) is 0 Å². The van der Waals surface area contributed by atoms with Gasteiger partial charge in [0.1, 0.15) is 0 Å². The van der Waals surface area contributed by atoms with Gasteiger partial charge in [0.05, 0.1) is 0 Å². The molecule has 0 aromatic carbocycles. The van der Waals surface area contributed by atoms with Crippen molar-refractivity contribution in [2.75, 3.05) is 12.3 Å². The van der Waals surface area contributed by atoms with Crippen molar-refractivity contribution < 1.29 is 4.21 Å². The summed E-state index contributed by atoms with van der Waals surface area (Å²) in [7, 11) is -0.627. The van der Waals surface area contributed by atoms with E-state index in [1.807, 2.05) is 0 Å². The molecule has 0 aromatic rings. The van der Waals surface area contributed by atoms with Crippen LogP contribution in [0.1, 0.15) is 51.9 Å². The molecule has 0 amide bonds. The van der Waals surface area contributed by atoms with Crippen molar-refractivity contribution in [1.29, 1.82) is 0 Å². The van der Waals surface area contributed by atoms with Gasteiger partial charge >= 0.3 is 0 Å². The van der Waals surface area contributed by atoms with Crippen LogP contribution in [0.25, 0.3) is 0 Å². The van der Waals surface area contributed by atoms with Crippen LogP contribution in [0, 0.1) is 5.92 Å². The zero-order valence-corrected chi connectivity index (χ0v) is 10.7. The second-order valence-corrected chi connectivity index (χ2v) is 6.39. The van der Waals surface area contributed by atoms with E-state index in [9.17, 15) is 4.21 Å². The predicted molar refractivity (Wildman–Crippen MR) is 67.3 cm³/mol. The van der Waals surface area contributed by atoms with Crippen LogP contribution < -0.4 is 5.73 Å². The molecule has 3 unspecified atom stereocenters. The van der Waals surface area contributed by atoms with Crippen LogP contribution in [-0.4, -0.2) is 21.8 Å². The fourth-order valence-corrected chi connectivity index (χ4v) is 4.39. The minimum absolute atomic E-state index is 0.393. The molecule has 0 spiro atoms. The molecule has 2 nitrogen and oxygen atoms in total. The van der Waals surface area contributed by atoms with Gasteiger partial charge in [0.2, 0.25) is 0 Å². The van der Waals surface area contributed by atoms with Crippen LogP contribution in [0.3, 0.4) is 0 Å². The molecule has 90 valence electrons. The quantitative estimate of drug-likeness (QED) is 0.739. The molecule has 1 saturated carbocycles. The Balaban J connectivity index is 2.49. The molecule has 0 radical (unpaired) electrons. The van der Waals surface area contributed by atoms with Gasteiger partial charge in [-0.25, -0.2) is 0 Å². The standard InChI is InChI=1S/C12H25NOS/c1-2-3-9-15(14)12-8-6-4-5-7-11(12)10-13/h11-12H,2-10,13H2,1H3. The third kappa shape index (κ3) is 4.23. The highest BCUT2D eigenvalue weighted by Crippen LogP contribution is 2.27. The van der Waals surface area contributed by atoms with E-state index < -0.39 is 10.8 Å². The van der Waals surface area contributed by atoms with E-state index in [0.29, 0.717) is 11.2 Å². The number of nitrogens with two attached hydrogens (primary N) is 1. The molecule has 0 saturated heterocycles. The largest absolute Gasteiger partial charge is 0.330 e. The van der Waals surface area contributed by atoms with E-state index in [2.05, 4.69) is 6.92 Å². The number of rotatable bonds is 5. The van der Waals surface area contributed by atoms with Gasteiger partial charge in [0.25, 0.3) is 0 Å². The molecule has 15 heavy (non-hydrogen) atoms. The molecule has 0 heterocycles. The Hall–Kier alpha value is 0.110. The summed E-state index contributed by atoms with van der Waals surface area (Å²) in [4.78, 5) is 0. The van der Waals surface area contributed by atoms with Crippen molar-refractivity contribution in [3.05, 3.63) is 0 Å². The molecule has 0 bridgehead atoms. The first kappa shape index (κ1) is 13.2. The Labute approximate surface area is 96.5 Å². The fraction of sp³-hybridized carbons (Fsp3) is 1.00. The number of hydrogen-bond acceptors (Lipinski definition) is 2. The van der Waals surface area contributed by atoms with E-state index in [-0.39, 0.29) is 0 Å². The minimum atomic E-state index is -0.627. The lowest BCUT2D eigenvalue weighted by atomic mass is 10.0. The van der Waals surface area contributed by atoms with E-state index in [0.717, 1.165) is 31.6 Å². The maximum Gasteiger partial charge on any atom is 0.0388 e. The highest BCUT2D eigenvalue weighted by molar-refractivity contribution is 7.85. The highest BCUT2D eigenvalue weighted by atomic mass is 32.2. The average molecular weight is 231 g/mol. The van der Waals surface area contributed by atoms with E-state index in [4.69, 9.17) is 5.73 Å². The second kappa shape index (κ2) is 7.39. The van der Waals surface area contributed by atoms with Gasteiger partial charge in [-0.3, -0.25) is 4.21 Å². The molecule has 3 heteroatoms. The summed E-state index contributed by atoms with van der Waals surface area (Å²) < 4.78 is 12.1. The molecule has 2 N–H and O–H groups in total. The van der Waals surface area contributed by atoms with Crippen molar-refractivity contribution >= 4 is 10.8 Å². The molecule has 1 fully saturated rings. The molecule has 1 aliphatic rings. The Morgan fingerprint density at radius 3 is 2.67 bits per heavy atom. The van der Waals surface area contributed by atoms with Crippen LogP contribution in [-0.2, 0) is 10.8 Å². The van der Waals surface area contributed by atoms with Gasteiger partial charge in [-0.2, -0.15) is 0 Å².